The Hall–Kier alpha value is -2.88. The van der Waals surface area contributed by atoms with Gasteiger partial charge < -0.3 is 9.64 Å². The highest BCUT2D eigenvalue weighted by atomic mass is 35.5. The van der Waals surface area contributed by atoms with Crippen molar-refractivity contribution in [3.63, 3.8) is 0 Å². The van der Waals surface area contributed by atoms with Gasteiger partial charge >= 0.3 is 0 Å². The van der Waals surface area contributed by atoms with Crippen LogP contribution in [0.5, 0.6) is 0 Å². The fourth-order valence-corrected chi connectivity index (χ4v) is 5.21. The SMILES string of the molecule is C[C@@H]1N=C(c2ncccc2F)c2c(ccc(Cl)c2Cl)-n2nc(C(=O)N3CC4(CCCO4)C3)nc21. The molecule has 8 nitrogen and oxygen atoms in total. The highest BCUT2D eigenvalue weighted by Crippen LogP contribution is 2.38. The molecule has 11 heteroatoms. The number of aliphatic imine (C=N–C) groups is 1. The Balaban J connectivity index is 1.44. The molecule has 5 heterocycles. The predicted octanol–water partition coefficient (Wildman–Crippen LogP) is 4.03. The first-order valence-electron chi connectivity index (χ1n) is 10.9. The van der Waals surface area contributed by atoms with Crippen LogP contribution in [-0.4, -0.2) is 61.6 Å². The number of amides is 1. The standard InChI is InChI=1S/C23H19Cl2FN6O2/c1-12-21-29-20(22(33)31-10-23(11-31)7-3-9-34-23)30-32(21)15-6-5-13(24)17(25)16(15)19(28-12)18-14(26)4-2-8-27-18/h2,4-6,8,12H,3,7,9-11H2,1H3/t12-/m0/s1. The molecule has 2 aromatic heterocycles. The third-order valence-electron chi connectivity index (χ3n) is 6.47. The average Bonchev–Trinajstić information content (AvgIpc) is 3.44. The molecule has 0 N–H and O–H groups in total. The summed E-state index contributed by atoms with van der Waals surface area (Å²) >= 11 is 12.9. The van der Waals surface area contributed by atoms with E-state index in [-0.39, 0.29) is 38.8 Å². The van der Waals surface area contributed by atoms with Crippen LogP contribution in [0.4, 0.5) is 4.39 Å². The Bertz CT molecular complexity index is 1360. The fourth-order valence-electron chi connectivity index (χ4n) is 4.80. The van der Waals surface area contributed by atoms with E-state index in [4.69, 9.17) is 32.9 Å². The number of carbonyl (C=O) groups is 1. The summed E-state index contributed by atoms with van der Waals surface area (Å²) in [6.07, 6.45) is 3.44. The van der Waals surface area contributed by atoms with E-state index < -0.39 is 11.9 Å². The lowest BCUT2D eigenvalue weighted by Crippen LogP contribution is -2.63. The zero-order chi connectivity index (χ0) is 23.6. The first kappa shape index (κ1) is 21.6. The van der Waals surface area contributed by atoms with E-state index in [0.717, 1.165) is 19.4 Å². The number of likely N-dealkylation sites (tertiary alicyclic amines) is 1. The highest BCUT2D eigenvalue weighted by Gasteiger charge is 2.49. The number of nitrogens with zero attached hydrogens (tertiary/aromatic N) is 6. The maximum atomic E-state index is 14.7. The van der Waals surface area contributed by atoms with Crippen molar-refractivity contribution in [2.45, 2.75) is 31.4 Å². The molecule has 3 aliphatic rings. The Morgan fingerprint density at radius 2 is 2.09 bits per heavy atom. The largest absolute Gasteiger partial charge is 0.371 e. The molecule has 0 aliphatic carbocycles. The lowest BCUT2D eigenvalue weighted by atomic mass is 9.91. The third-order valence-corrected chi connectivity index (χ3v) is 7.28. The molecule has 0 saturated carbocycles. The Morgan fingerprint density at radius 3 is 2.82 bits per heavy atom. The molecule has 1 atom stereocenters. The van der Waals surface area contributed by atoms with Crippen LogP contribution in [-0.2, 0) is 4.74 Å². The summed E-state index contributed by atoms with van der Waals surface area (Å²) in [5, 5.41) is 4.99. The van der Waals surface area contributed by atoms with Crippen molar-refractivity contribution in [2.75, 3.05) is 19.7 Å². The van der Waals surface area contributed by atoms with Crippen LogP contribution in [0, 0.1) is 5.82 Å². The monoisotopic (exact) mass is 500 g/mol. The van der Waals surface area contributed by atoms with Crippen LogP contribution < -0.4 is 0 Å². The van der Waals surface area contributed by atoms with E-state index in [0.29, 0.717) is 30.2 Å². The van der Waals surface area contributed by atoms with Crippen LogP contribution in [0.25, 0.3) is 5.69 Å². The third kappa shape index (κ3) is 3.25. The van der Waals surface area contributed by atoms with Crippen LogP contribution in [0.15, 0.2) is 35.5 Å². The van der Waals surface area contributed by atoms with Gasteiger partial charge in [-0.2, -0.15) is 0 Å². The lowest BCUT2D eigenvalue weighted by molar-refractivity contribution is -0.0952. The van der Waals surface area contributed by atoms with Gasteiger partial charge in [0, 0.05) is 18.4 Å². The van der Waals surface area contributed by atoms with Crippen molar-refractivity contribution in [3.8, 4) is 5.69 Å². The van der Waals surface area contributed by atoms with Gasteiger partial charge in [0.25, 0.3) is 5.91 Å². The zero-order valence-electron chi connectivity index (χ0n) is 18.1. The fraction of sp³-hybridized carbons (Fsp3) is 0.348. The summed E-state index contributed by atoms with van der Waals surface area (Å²) in [6.45, 7) is 3.59. The molecule has 0 unspecified atom stereocenters. The van der Waals surface area contributed by atoms with Gasteiger partial charge in [-0.05, 0) is 44.0 Å². The number of halogens is 3. The minimum Gasteiger partial charge on any atom is -0.371 e. The number of hydrogen-bond acceptors (Lipinski definition) is 6. The lowest BCUT2D eigenvalue weighted by Gasteiger charge is -2.46. The molecule has 2 saturated heterocycles. The smallest absolute Gasteiger partial charge is 0.293 e. The van der Waals surface area contributed by atoms with E-state index in [1.807, 2.05) is 0 Å². The van der Waals surface area contributed by atoms with Gasteiger partial charge in [0.15, 0.2) is 11.6 Å². The molecule has 0 bridgehead atoms. The second-order valence-corrected chi connectivity index (χ2v) is 9.53. The summed E-state index contributed by atoms with van der Waals surface area (Å²) < 4.78 is 22.1. The number of fused-ring (bicyclic) bond motifs is 3. The number of carbonyl (C=O) groups excluding carboxylic acids is 1. The van der Waals surface area contributed by atoms with Gasteiger partial charge in [0.1, 0.15) is 17.3 Å². The van der Waals surface area contributed by atoms with Crippen molar-refractivity contribution in [2.24, 2.45) is 4.99 Å². The molecule has 1 amide bonds. The van der Waals surface area contributed by atoms with Crippen molar-refractivity contribution in [1.29, 1.82) is 0 Å². The van der Waals surface area contributed by atoms with Gasteiger partial charge in [-0.15, -0.1) is 5.10 Å². The molecule has 174 valence electrons. The number of aromatic nitrogens is 4. The first-order valence-corrected chi connectivity index (χ1v) is 11.7. The van der Waals surface area contributed by atoms with Gasteiger partial charge in [0.2, 0.25) is 5.82 Å². The summed E-state index contributed by atoms with van der Waals surface area (Å²) in [5.41, 5.74) is 0.940. The molecule has 3 aliphatic heterocycles. The predicted molar refractivity (Wildman–Crippen MR) is 123 cm³/mol. The topological polar surface area (TPSA) is 85.5 Å². The van der Waals surface area contributed by atoms with E-state index in [2.05, 4.69) is 15.1 Å². The van der Waals surface area contributed by atoms with Gasteiger partial charge in [0.05, 0.1) is 34.5 Å². The number of benzene rings is 1. The summed E-state index contributed by atoms with van der Waals surface area (Å²) in [4.78, 5) is 28.2. The molecule has 34 heavy (non-hydrogen) atoms. The molecule has 2 fully saturated rings. The van der Waals surface area contributed by atoms with E-state index in [1.165, 1.54) is 23.0 Å². The number of pyridine rings is 1. The molecule has 6 rings (SSSR count). The second-order valence-electron chi connectivity index (χ2n) is 8.74. The van der Waals surface area contributed by atoms with Gasteiger partial charge in [-0.3, -0.25) is 14.8 Å². The summed E-state index contributed by atoms with van der Waals surface area (Å²) in [6, 6.07) is 5.57. The van der Waals surface area contributed by atoms with Gasteiger partial charge in [-0.25, -0.2) is 14.1 Å². The first-order chi connectivity index (χ1) is 16.4. The van der Waals surface area contributed by atoms with E-state index in [9.17, 15) is 9.18 Å². The maximum absolute atomic E-state index is 14.7. The number of ether oxygens (including phenoxy) is 1. The van der Waals surface area contributed by atoms with Crippen molar-refractivity contribution >= 4 is 34.8 Å². The molecule has 3 aromatic rings. The number of rotatable bonds is 2. The Kier molecular flexibility index (Phi) is 4.98. The van der Waals surface area contributed by atoms with Crippen molar-refractivity contribution in [3.05, 3.63) is 69.2 Å². The minimum atomic E-state index is -0.561. The molecule has 1 aromatic carbocycles. The van der Waals surface area contributed by atoms with Crippen molar-refractivity contribution in [1.82, 2.24) is 24.6 Å². The molecular formula is C23H19Cl2FN6O2. The second kappa shape index (κ2) is 7.83. The van der Waals surface area contributed by atoms with Crippen LogP contribution in [0.1, 0.15) is 53.5 Å². The summed E-state index contributed by atoms with van der Waals surface area (Å²) in [5.74, 6) is -0.314. The number of hydrogen-bond donors (Lipinski definition) is 0. The Morgan fingerprint density at radius 1 is 1.26 bits per heavy atom. The maximum Gasteiger partial charge on any atom is 0.293 e. The quantitative estimate of drug-likeness (QED) is 0.530. The van der Waals surface area contributed by atoms with E-state index in [1.54, 1.807) is 24.0 Å². The summed E-state index contributed by atoms with van der Waals surface area (Å²) in [7, 11) is 0. The molecular weight excluding hydrogens is 482 g/mol. The van der Waals surface area contributed by atoms with Crippen LogP contribution in [0.2, 0.25) is 10.0 Å². The molecule has 0 radical (unpaired) electrons. The van der Waals surface area contributed by atoms with Crippen LogP contribution >= 0.6 is 23.2 Å². The average molecular weight is 501 g/mol. The normalized spacial score (nSPS) is 20.4. The van der Waals surface area contributed by atoms with Gasteiger partial charge in [-0.1, -0.05) is 23.2 Å². The highest BCUT2D eigenvalue weighted by molar-refractivity contribution is 6.45. The minimum absolute atomic E-state index is 0.0456. The Labute approximate surface area is 204 Å². The van der Waals surface area contributed by atoms with E-state index >= 15 is 0 Å². The van der Waals surface area contributed by atoms with Crippen molar-refractivity contribution < 1.29 is 13.9 Å². The van der Waals surface area contributed by atoms with Crippen LogP contribution in [0.3, 0.4) is 0 Å². The zero-order valence-corrected chi connectivity index (χ0v) is 19.6. The molecule has 1 spiro atoms.